The van der Waals surface area contributed by atoms with Gasteiger partial charge in [0.1, 0.15) is 5.69 Å². The Morgan fingerprint density at radius 1 is 0.952 bits per heavy atom. The van der Waals surface area contributed by atoms with Crippen molar-refractivity contribution in [2.75, 3.05) is 0 Å². The second kappa shape index (κ2) is 5.41. The first-order valence-corrected chi connectivity index (χ1v) is 6.20. The molecule has 104 valence electrons. The van der Waals surface area contributed by atoms with E-state index in [0.717, 1.165) is 5.52 Å². The van der Waals surface area contributed by atoms with Crippen molar-refractivity contribution in [3.8, 4) is 0 Å². The SMILES string of the molecule is O=C(NNC(=O)c1n[nH]c2ccccc12)c1ccccn1. The number of aromatic amines is 1. The highest BCUT2D eigenvalue weighted by molar-refractivity contribution is 6.05. The highest BCUT2D eigenvalue weighted by atomic mass is 16.2. The average molecular weight is 281 g/mol. The number of carbonyl (C=O) groups excluding carboxylic acids is 2. The lowest BCUT2D eigenvalue weighted by Crippen LogP contribution is -2.42. The summed E-state index contributed by atoms with van der Waals surface area (Å²) in [5.74, 6) is -1.000. The van der Waals surface area contributed by atoms with E-state index < -0.39 is 11.8 Å². The maximum atomic E-state index is 12.0. The van der Waals surface area contributed by atoms with E-state index in [0.29, 0.717) is 5.39 Å². The lowest BCUT2D eigenvalue weighted by Gasteiger charge is -2.05. The molecule has 0 aliphatic rings. The van der Waals surface area contributed by atoms with Gasteiger partial charge in [-0.3, -0.25) is 30.5 Å². The number of benzene rings is 1. The first-order chi connectivity index (χ1) is 10.3. The van der Waals surface area contributed by atoms with Gasteiger partial charge in [-0.15, -0.1) is 0 Å². The van der Waals surface area contributed by atoms with Crippen molar-refractivity contribution in [2.24, 2.45) is 0 Å². The molecule has 0 aliphatic heterocycles. The predicted molar refractivity (Wildman–Crippen MR) is 75.3 cm³/mol. The molecule has 0 aliphatic carbocycles. The molecule has 0 spiro atoms. The molecule has 2 amide bonds. The molecule has 21 heavy (non-hydrogen) atoms. The van der Waals surface area contributed by atoms with Gasteiger partial charge in [0.05, 0.1) is 5.52 Å². The number of para-hydroxylation sites is 1. The van der Waals surface area contributed by atoms with Crippen LogP contribution in [0.5, 0.6) is 0 Å². The summed E-state index contributed by atoms with van der Waals surface area (Å²) >= 11 is 0. The highest BCUT2D eigenvalue weighted by Crippen LogP contribution is 2.14. The smallest absolute Gasteiger partial charge is 0.277 e. The largest absolute Gasteiger partial charge is 0.290 e. The first kappa shape index (κ1) is 12.8. The number of pyridine rings is 1. The summed E-state index contributed by atoms with van der Waals surface area (Å²) in [6.45, 7) is 0. The zero-order valence-corrected chi connectivity index (χ0v) is 10.8. The fourth-order valence-electron chi connectivity index (χ4n) is 1.87. The summed E-state index contributed by atoms with van der Waals surface area (Å²) < 4.78 is 0. The molecule has 7 heteroatoms. The summed E-state index contributed by atoms with van der Waals surface area (Å²) in [6, 6.07) is 12.2. The Morgan fingerprint density at radius 2 is 1.71 bits per heavy atom. The monoisotopic (exact) mass is 281 g/mol. The normalized spacial score (nSPS) is 10.3. The van der Waals surface area contributed by atoms with Crippen molar-refractivity contribution in [3.05, 3.63) is 60.0 Å². The summed E-state index contributed by atoms with van der Waals surface area (Å²) in [6.07, 6.45) is 1.50. The van der Waals surface area contributed by atoms with E-state index in [9.17, 15) is 9.59 Å². The average Bonchev–Trinajstić information content (AvgIpc) is 2.97. The van der Waals surface area contributed by atoms with Crippen LogP contribution in [-0.2, 0) is 0 Å². The number of fused-ring (bicyclic) bond motifs is 1. The van der Waals surface area contributed by atoms with Crippen molar-refractivity contribution >= 4 is 22.7 Å². The molecule has 0 saturated heterocycles. The standard InChI is InChI=1S/C14H11N5O2/c20-13(11-7-3-4-8-15-11)18-19-14(21)12-9-5-1-2-6-10(9)16-17-12/h1-8H,(H,16,17)(H,18,20)(H,19,21). The molecule has 0 unspecified atom stereocenters. The molecule has 3 N–H and O–H groups in total. The van der Waals surface area contributed by atoms with Crippen LogP contribution < -0.4 is 10.9 Å². The van der Waals surface area contributed by atoms with E-state index in [1.807, 2.05) is 12.1 Å². The van der Waals surface area contributed by atoms with Gasteiger partial charge >= 0.3 is 0 Å². The third-order valence-corrected chi connectivity index (χ3v) is 2.87. The lowest BCUT2D eigenvalue weighted by molar-refractivity contribution is 0.0842. The van der Waals surface area contributed by atoms with E-state index in [2.05, 4.69) is 26.0 Å². The zero-order valence-electron chi connectivity index (χ0n) is 10.8. The number of carbonyl (C=O) groups is 2. The Kier molecular flexibility index (Phi) is 3.30. The van der Waals surface area contributed by atoms with Gasteiger partial charge < -0.3 is 0 Å². The van der Waals surface area contributed by atoms with Crippen LogP contribution in [0.3, 0.4) is 0 Å². The van der Waals surface area contributed by atoms with Crippen LogP contribution in [0.2, 0.25) is 0 Å². The second-order valence-electron chi connectivity index (χ2n) is 4.24. The van der Waals surface area contributed by atoms with Crippen LogP contribution >= 0.6 is 0 Å². The molecule has 3 aromatic rings. The molecule has 0 fully saturated rings. The fourth-order valence-corrected chi connectivity index (χ4v) is 1.87. The molecule has 0 radical (unpaired) electrons. The number of rotatable bonds is 2. The van der Waals surface area contributed by atoms with Crippen LogP contribution in [0.25, 0.3) is 10.9 Å². The number of hydrazine groups is 1. The Balaban J connectivity index is 1.71. The van der Waals surface area contributed by atoms with Gasteiger partial charge in [-0.25, -0.2) is 0 Å². The summed E-state index contributed by atoms with van der Waals surface area (Å²) in [5, 5.41) is 7.38. The zero-order chi connectivity index (χ0) is 14.7. The topological polar surface area (TPSA) is 99.8 Å². The van der Waals surface area contributed by atoms with Crippen molar-refractivity contribution < 1.29 is 9.59 Å². The molecule has 7 nitrogen and oxygen atoms in total. The predicted octanol–water partition coefficient (Wildman–Crippen LogP) is 1.03. The number of hydrogen-bond acceptors (Lipinski definition) is 4. The van der Waals surface area contributed by atoms with Gasteiger partial charge in [0.2, 0.25) is 0 Å². The Bertz CT molecular complexity index is 797. The van der Waals surface area contributed by atoms with Gasteiger partial charge in [0, 0.05) is 11.6 Å². The molecule has 0 bridgehead atoms. The van der Waals surface area contributed by atoms with E-state index in [-0.39, 0.29) is 11.4 Å². The molecule has 3 rings (SSSR count). The second-order valence-corrected chi connectivity index (χ2v) is 4.24. The van der Waals surface area contributed by atoms with Crippen molar-refractivity contribution in [1.29, 1.82) is 0 Å². The lowest BCUT2D eigenvalue weighted by atomic mass is 10.2. The van der Waals surface area contributed by atoms with Crippen LogP contribution in [0.15, 0.2) is 48.7 Å². The van der Waals surface area contributed by atoms with Crippen LogP contribution in [0.1, 0.15) is 21.0 Å². The number of H-pyrrole nitrogens is 1. The minimum atomic E-state index is -0.503. The molecular formula is C14H11N5O2. The Labute approximate surface area is 119 Å². The summed E-state index contributed by atoms with van der Waals surface area (Å²) in [5.41, 5.74) is 5.79. The summed E-state index contributed by atoms with van der Waals surface area (Å²) in [4.78, 5) is 27.7. The maximum Gasteiger partial charge on any atom is 0.290 e. The molecule has 0 saturated carbocycles. The molecule has 1 aromatic carbocycles. The van der Waals surface area contributed by atoms with Gasteiger partial charge in [-0.2, -0.15) is 5.10 Å². The van der Waals surface area contributed by atoms with Crippen LogP contribution in [0, 0.1) is 0 Å². The number of nitrogens with one attached hydrogen (secondary N) is 3. The Hall–Kier alpha value is -3.22. The third-order valence-electron chi connectivity index (χ3n) is 2.87. The van der Waals surface area contributed by atoms with E-state index in [1.165, 1.54) is 6.20 Å². The van der Waals surface area contributed by atoms with E-state index in [1.54, 1.807) is 30.3 Å². The van der Waals surface area contributed by atoms with E-state index in [4.69, 9.17) is 0 Å². The van der Waals surface area contributed by atoms with Crippen LogP contribution in [-0.4, -0.2) is 27.0 Å². The summed E-state index contributed by atoms with van der Waals surface area (Å²) in [7, 11) is 0. The van der Waals surface area contributed by atoms with Gasteiger partial charge in [-0.1, -0.05) is 24.3 Å². The van der Waals surface area contributed by atoms with Crippen molar-refractivity contribution in [2.45, 2.75) is 0 Å². The number of aromatic nitrogens is 3. The molecule has 2 heterocycles. The Morgan fingerprint density at radius 3 is 2.52 bits per heavy atom. The maximum absolute atomic E-state index is 12.0. The quantitative estimate of drug-likeness (QED) is 0.611. The van der Waals surface area contributed by atoms with E-state index >= 15 is 0 Å². The van der Waals surface area contributed by atoms with Gasteiger partial charge in [-0.05, 0) is 18.2 Å². The number of amides is 2. The minimum Gasteiger partial charge on any atom is -0.277 e. The van der Waals surface area contributed by atoms with Crippen molar-refractivity contribution in [1.82, 2.24) is 26.0 Å². The van der Waals surface area contributed by atoms with Gasteiger partial charge in [0.25, 0.3) is 11.8 Å². The third kappa shape index (κ3) is 2.57. The first-order valence-electron chi connectivity index (χ1n) is 6.20. The fraction of sp³-hybridized carbons (Fsp3) is 0. The number of hydrogen-bond donors (Lipinski definition) is 3. The molecule has 0 atom stereocenters. The molecule has 2 aromatic heterocycles. The van der Waals surface area contributed by atoms with Crippen molar-refractivity contribution in [3.63, 3.8) is 0 Å². The number of nitrogens with zero attached hydrogens (tertiary/aromatic N) is 2. The van der Waals surface area contributed by atoms with Gasteiger partial charge in [0.15, 0.2) is 5.69 Å². The van der Waals surface area contributed by atoms with Crippen LogP contribution in [0.4, 0.5) is 0 Å². The molecular weight excluding hydrogens is 270 g/mol. The minimum absolute atomic E-state index is 0.213. The highest BCUT2D eigenvalue weighted by Gasteiger charge is 2.15.